The van der Waals surface area contributed by atoms with Crippen LogP contribution >= 0.6 is 0 Å². The minimum absolute atomic E-state index is 0.327. The van der Waals surface area contributed by atoms with Crippen LogP contribution in [0.15, 0.2) is 23.1 Å². The van der Waals surface area contributed by atoms with Crippen molar-refractivity contribution in [3.63, 3.8) is 0 Å². The maximum absolute atomic E-state index is 13.1. The molecule has 1 unspecified atom stereocenters. The molecule has 4 heteroatoms. The van der Waals surface area contributed by atoms with Crippen LogP contribution in [0.4, 0.5) is 10.1 Å². The number of anilines is 1. The van der Waals surface area contributed by atoms with Gasteiger partial charge in [0.2, 0.25) is 0 Å². The maximum Gasteiger partial charge on any atom is 0.126 e. The van der Waals surface area contributed by atoms with Gasteiger partial charge in [0.1, 0.15) is 5.82 Å². The molecule has 1 atom stereocenters. The van der Waals surface area contributed by atoms with Crippen LogP contribution in [0, 0.1) is 11.7 Å². The quantitative estimate of drug-likeness (QED) is 0.808. The lowest BCUT2D eigenvalue weighted by Gasteiger charge is -2.11. The van der Waals surface area contributed by atoms with Crippen LogP contribution in [-0.2, 0) is 10.8 Å². The smallest absolute Gasteiger partial charge is 0.126 e. The van der Waals surface area contributed by atoms with Crippen molar-refractivity contribution in [1.29, 1.82) is 0 Å². The van der Waals surface area contributed by atoms with Crippen LogP contribution in [0.5, 0.6) is 0 Å². The number of nitrogens with two attached hydrogens (primary N) is 1. The zero-order chi connectivity index (χ0) is 12.1. The average molecular weight is 243 g/mol. The number of rotatable bonds is 5. The summed E-state index contributed by atoms with van der Waals surface area (Å²) in [7, 11) is -1.15. The molecule has 90 valence electrons. The van der Waals surface area contributed by atoms with Crippen molar-refractivity contribution in [1.82, 2.24) is 0 Å². The molecule has 2 N–H and O–H groups in total. The fourth-order valence-corrected chi connectivity index (χ4v) is 3.15. The standard InChI is InChI=1S/C12H18FNOS/c1-3-9(4-2)8-16(15)12-6-10(13)5-11(14)7-12/h5-7,9H,3-4,8,14H2,1-2H3. The number of hydrogen-bond donors (Lipinski definition) is 1. The van der Waals surface area contributed by atoms with Crippen LogP contribution in [0.3, 0.4) is 0 Å². The molecule has 1 aromatic rings. The topological polar surface area (TPSA) is 43.1 Å². The molecule has 0 saturated carbocycles. The molecule has 1 rings (SSSR count). The van der Waals surface area contributed by atoms with Gasteiger partial charge >= 0.3 is 0 Å². The Bertz CT molecular complexity index is 357. The Morgan fingerprint density at radius 2 is 1.94 bits per heavy atom. The highest BCUT2D eigenvalue weighted by Gasteiger charge is 2.12. The summed E-state index contributed by atoms with van der Waals surface area (Å²) in [4.78, 5) is 0.490. The minimum atomic E-state index is -1.15. The van der Waals surface area contributed by atoms with E-state index in [4.69, 9.17) is 5.73 Å². The van der Waals surface area contributed by atoms with Gasteiger partial charge < -0.3 is 5.73 Å². The third-order valence-corrected chi connectivity index (χ3v) is 4.23. The first-order chi connectivity index (χ1) is 7.56. The zero-order valence-corrected chi connectivity index (χ0v) is 10.5. The Morgan fingerprint density at radius 1 is 1.31 bits per heavy atom. The van der Waals surface area contributed by atoms with Crippen LogP contribution < -0.4 is 5.73 Å². The fraction of sp³-hybridized carbons (Fsp3) is 0.500. The largest absolute Gasteiger partial charge is 0.399 e. The molecule has 0 amide bonds. The predicted octanol–water partition coefficient (Wildman–Crippen LogP) is 2.95. The van der Waals surface area contributed by atoms with Crippen LogP contribution in [0.1, 0.15) is 26.7 Å². The Morgan fingerprint density at radius 3 is 2.44 bits per heavy atom. The summed E-state index contributed by atoms with van der Waals surface area (Å²) in [6.07, 6.45) is 1.99. The summed E-state index contributed by atoms with van der Waals surface area (Å²) in [6.45, 7) is 4.15. The average Bonchev–Trinajstić information content (AvgIpc) is 2.24. The number of hydrogen-bond acceptors (Lipinski definition) is 2. The lowest BCUT2D eigenvalue weighted by molar-refractivity contribution is 0.544. The van der Waals surface area contributed by atoms with Crippen LogP contribution in [0.25, 0.3) is 0 Å². The second-order valence-corrected chi connectivity index (χ2v) is 5.41. The van der Waals surface area contributed by atoms with Crippen LogP contribution in [0.2, 0.25) is 0 Å². The number of benzene rings is 1. The molecule has 0 aliphatic carbocycles. The minimum Gasteiger partial charge on any atom is -0.399 e. The summed E-state index contributed by atoms with van der Waals surface area (Å²) in [5, 5.41) is 0. The number of nitrogen functional groups attached to an aromatic ring is 1. The molecule has 0 aliphatic rings. The lowest BCUT2D eigenvalue weighted by Crippen LogP contribution is -2.10. The molecular weight excluding hydrogens is 225 g/mol. The van der Waals surface area contributed by atoms with Gasteiger partial charge in [0.05, 0.1) is 10.8 Å². The maximum atomic E-state index is 13.1. The molecule has 0 heterocycles. The van der Waals surface area contributed by atoms with Gasteiger partial charge in [0.15, 0.2) is 0 Å². The fourth-order valence-electron chi connectivity index (χ4n) is 1.55. The van der Waals surface area contributed by atoms with Gasteiger partial charge in [-0.2, -0.15) is 0 Å². The molecular formula is C12H18FNOS. The van der Waals surface area contributed by atoms with E-state index in [-0.39, 0.29) is 0 Å². The van der Waals surface area contributed by atoms with Crippen molar-refractivity contribution >= 4 is 16.5 Å². The van der Waals surface area contributed by atoms with E-state index < -0.39 is 16.6 Å². The summed E-state index contributed by atoms with van der Waals surface area (Å²) in [5.41, 5.74) is 5.85. The van der Waals surface area contributed by atoms with E-state index in [1.54, 1.807) is 6.07 Å². The van der Waals surface area contributed by atoms with E-state index in [0.717, 1.165) is 12.8 Å². The van der Waals surface area contributed by atoms with Gasteiger partial charge in [-0.3, -0.25) is 4.21 Å². The van der Waals surface area contributed by atoms with Crippen molar-refractivity contribution < 1.29 is 8.60 Å². The van der Waals surface area contributed by atoms with Gasteiger partial charge in [-0.05, 0) is 24.1 Å². The highest BCUT2D eigenvalue weighted by atomic mass is 32.2. The molecule has 2 nitrogen and oxygen atoms in total. The van der Waals surface area contributed by atoms with E-state index in [2.05, 4.69) is 13.8 Å². The molecule has 16 heavy (non-hydrogen) atoms. The first-order valence-corrected chi connectivity index (χ1v) is 6.83. The SMILES string of the molecule is CCC(CC)CS(=O)c1cc(N)cc(F)c1. The molecule has 0 bridgehead atoms. The van der Waals surface area contributed by atoms with Gasteiger partial charge in [-0.25, -0.2) is 4.39 Å². The molecule has 0 spiro atoms. The van der Waals surface area contributed by atoms with E-state index >= 15 is 0 Å². The van der Waals surface area contributed by atoms with Crippen molar-refractivity contribution in [2.75, 3.05) is 11.5 Å². The number of halogens is 1. The van der Waals surface area contributed by atoms with Crippen molar-refractivity contribution in [2.24, 2.45) is 5.92 Å². The summed E-state index contributed by atoms with van der Waals surface area (Å²) in [6, 6.07) is 4.12. The third-order valence-electron chi connectivity index (χ3n) is 2.70. The monoisotopic (exact) mass is 243 g/mol. The molecule has 0 saturated heterocycles. The highest BCUT2D eigenvalue weighted by Crippen LogP contribution is 2.18. The van der Waals surface area contributed by atoms with Crippen LogP contribution in [-0.4, -0.2) is 9.96 Å². The predicted molar refractivity (Wildman–Crippen MR) is 66.2 cm³/mol. The first kappa shape index (κ1) is 13.2. The highest BCUT2D eigenvalue weighted by molar-refractivity contribution is 7.85. The Labute approximate surface area is 98.5 Å². The van der Waals surface area contributed by atoms with Gasteiger partial charge in [0.25, 0.3) is 0 Å². The summed E-state index contributed by atoms with van der Waals surface area (Å²) in [5.74, 6) is 0.578. The summed E-state index contributed by atoms with van der Waals surface area (Å²) >= 11 is 0. The Kier molecular flexibility index (Phi) is 4.93. The molecule has 1 aromatic carbocycles. The molecule has 0 aromatic heterocycles. The van der Waals surface area contributed by atoms with E-state index in [0.29, 0.717) is 22.3 Å². The van der Waals surface area contributed by atoms with E-state index in [9.17, 15) is 8.60 Å². The van der Waals surface area contributed by atoms with Gasteiger partial charge in [0, 0.05) is 16.3 Å². The van der Waals surface area contributed by atoms with Crippen molar-refractivity contribution in [2.45, 2.75) is 31.6 Å². The normalized spacial score (nSPS) is 13.0. The summed E-state index contributed by atoms with van der Waals surface area (Å²) < 4.78 is 25.0. The zero-order valence-electron chi connectivity index (χ0n) is 9.70. The lowest BCUT2D eigenvalue weighted by atomic mass is 10.1. The van der Waals surface area contributed by atoms with Gasteiger partial charge in [-0.15, -0.1) is 0 Å². The molecule has 0 aliphatic heterocycles. The van der Waals surface area contributed by atoms with Crippen molar-refractivity contribution in [3.8, 4) is 0 Å². The second kappa shape index (κ2) is 5.99. The Hall–Kier alpha value is -0.900. The third kappa shape index (κ3) is 3.59. The van der Waals surface area contributed by atoms with E-state index in [1.165, 1.54) is 12.1 Å². The molecule has 0 radical (unpaired) electrons. The van der Waals surface area contributed by atoms with E-state index in [1.807, 2.05) is 0 Å². The Balaban J connectivity index is 2.80. The molecule has 0 fully saturated rings. The van der Waals surface area contributed by atoms with Crippen molar-refractivity contribution in [3.05, 3.63) is 24.0 Å². The second-order valence-electron chi connectivity index (χ2n) is 3.91. The van der Waals surface area contributed by atoms with Gasteiger partial charge in [-0.1, -0.05) is 26.7 Å². The first-order valence-electron chi connectivity index (χ1n) is 5.51.